The van der Waals surface area contributed by atoms with Crippen LogP contribution in [0.25, 0.3) is 0 Å². The Labute approximate surface area is 99.5 Å². The van der Waals surface area contributed by atoms with Crippen LogP contribution in [0.2, 0.25) is 0 Å². The lowest BCUT2D eigenvalue weighted by Crippen LogP contribution is -2.53. The topological polar surface area (TPSA) is 80.5 Å². The number of carbonyl (C=O) groups is 1. The number of amides is 1. The van der Waals surface area contributed by atoms with E-state index in [1.54, 1.807) is 0 Å². The van der Waals surface area contributed by atoms with Crippen molar-refractivity contribution in [3.05, 3.63) is 12.7 Å². The Morgan fingerprint density at radius 1 is 1.53 bits per heavy atom. The fraction of sp³-hybridized carbons (Fsp3) is 0.700. The van der Waals surface area contributed by atoms with E-state index in [-0.39, 0.29) is 25.2 Å². The average Bonchev–Trinajstić information content (AvgIpc) is 3.14. The fourth-order valence-corrected chi connectivity index (χ4v) is 3.97. The summed E-state index contributed by atoms with van der Waals surface area (Å²) in [4.78, 5) is 11.0. The molecule has 0 aromatic carbocycles. The summed E-state index contributed by atoms with van der Waals surface area (Å²) < 4.78 is 36.3. The Bertz CT molecular complexity index is 460. The highest BCUT2D eigenvalue weighted by molar-refractivity contribution is 7.91. The molecule has 7 heteroatoms. The Kier molecular flexibility index (Phi) is 2.59. The minimum atomic E-state index is -4.01. The monoisotopic (exact) mass is 262 g/mol. The molecule has 1 amide bonds. The van der Waals surface area contributed by atoms with Crippen LogP contribution in [-0.2, 0) is 14.8 Å². The van der Waals surface area contributed by atoms with Crippen molar-refractivity contribution in [1.29, 1.82) is 0 Å². The first-order valence-corrected chi connectivity index (χ1v) is 6.79. The van der Waals surface area contributed by atoms with E-state index in [0.29, 0.717) is 10.7 Å². The van der Waals surface area contributed by atoms with E-state index in [1.807, 2.05) is 0 Å². The summed E-state index contributed by atoms with van der Waals surface area (Å²) in [6, 6.07) is 0. The number of nitrogens with two attached hydrogens (primary N) is 1. The van der Waals surface area contributed by atoms with Gasteiger partial charge in [0.2, 0.25) is 16.4 Å². The first kappa shape index (κ1) is 12.5. The van der Waals surface area contributed by atoms with Crippen molar-refractivity contribution in [3.63, 3.8) is 0 Å². The molecule has 0 saturated heterocycles. The first-order valence-electron chi connectivity index (χ1n) is 5.35. The van der Waals surface area contributed by atoms with Gasteiger partial charge in [0.15, 0.2) is 0 Å². The Morgan fingerprint density at radius 3 is 2.41 bits per heavy atom. The van der Waals surface area contributed by atoms with Crippen LogP contribution in [0.1, 0.15) is 19.3 Å². The summed E-state index contributed by atoms with van der Waals surface area (Å²) in [5.74, 6) is -0.252. The van der Waals surface area contributed by atoms with E-state index in [4.69, 9.17) is 5.73 Å². The molecule has 0 aromatic rings. The third-order valence-corrected chi connectivity index (χ3v) is 6.23. The lowest BCUT2D eigenvalue weighted by molar-refractivity contribution is -0.116. The molecule has 0 heterocycles. The molecule has 0 aliphatic heterocycles. The van der Waals surface area contributed by atoms with Crippen molar-refractivity contribution < 1.29 is 17.6 Å². The second-order valence-corrected chi connectivity index (χ2v) is 6.97. The van der Waals surface area contributed by atoms with E-state index in [9.17, 15) is 17.6 Å². The molecule has 96 valence electrons. The summed E-state index contributed by atoms with van der Waals surface area (Å²) >= 11 is 0. The highest BCUT2D eigenvalue weighted by atomic mass is 32.2. The molecular formula is C10H15FN2O3S. The van der Waals surface area contributed by atoms with E-state index < -0.39 is 27.1 Å². The smallest absolute Gasteiger partial charge is 0.247 e. The third-order valence-electron chi connectivity index (χ3n) is 3.68. The minimum Gasteiger partial charge on any atom is -0.307 e. The predicted molar refractivity (Wildman–Crippen MR) is 60.0 cm³/mol. The third kappa shape index (κ3) is 1.52. The zero-order valence-corrected chi connectivity index (χ0v) is 10.1. The van der Waals surface area contributed by atoms with Gasteiger partial charge in [0.1, 0.15) is 17.1 Å². The summed E-state index contributed by atoms with van der Waals surface area (Å²) in [7, 11) is -4.01. The quantitative estimate of drug-likeness (QED) is 0.419. The molecule has 2 atom stereocenters. The maximum Gasteiger partial charge on any atom is 0.247 e. The lowest BCUT2D eigenvalue weighted by Gasteiger charge is -2.28. The van der Waals surface area contributed by atoms with Gasteiger partial charge in [0, 0.05) is 5.92 Å². The van der Waals surface area contributed by atoms with Crippen molar-refractivity contribution in [2.45, 2.75) is 29.7 Å². The van der Waals surface area contributed by atoms with Crippen molar-refractivity contribution in [1.82, 2.24) is 4.31 Å². The maximum absolute atomic E-state index is 12.8. The van der Waals surface area contributed by atoms with Crippen LogP contribution in [0, 0.1) is 5.92 Å². The van der Waals surface area contributed by atoms with Gasteiger partial charge in [-0.25, -0.2) is 17.1 Å². The van der Waals surface area contributed by atoms with Gasteiger partial charge in [0.25, 0.3) is 0 Å². The molecule has 0 unspecified atom stereocenters. The number of carbonyl (C=O) groups excluding carboxylic acids is 1. The van der Waals surface area contributed by atoms with Gasteiger partial charge >= 0.3 is 0 Å². The van der Waals surface area contributed by atoms with Crippen LogP contribution < -0.4 is 5.73 Å². The van der Waals surface area contributed by atoms with Gasteiger partial charge in [-0.3, -0.25) is 4.79 Å². The number of nitrogens with zero attached hydrogens (tertiary/aromatic N) is 1. The molecule has 5 nitrogen and oxygen atoms in total. The molecule has 0 aromatic heterocycles. The second-order valence-electron chi connectivity index (χ2n) is 4.76. The number of sulfonamides is 1. The van der Waals surface area contributed by atoms with Gasteiger partial charge in [-0.2, -0.15) is 0 Å². The van der Waals surface area contributed by atoms with Crippen LogP contribution in [0.5, 0.6) is 0 Å². The van der Waals surface area contributed by atoms with Crippen molar-refractivity contribution >= 4 is 16.4 Å². The van der Waals surface area contributed by atoms with Crippen LogP contribution in [-0.4, -0.2) is 36.2 Å². The highest BCUT2D eigenvalue weighted by Crippen LogP contribution is 2.52. The number of halogens is 1. The fourth-order valence-electron chi connectivity index (χ4n) is 2.02. The molecule has 2 N–H and O–H groups in total. The van der Waals surface area contributed by atoms with Gasteiger partial charge in [-0.05, 0) is 19.3 Å². The molecule has 0 bridgehead atoms. The van der Waals surface area contributed by atoms with Crippen LogP contribution in [0.15, 0.2) is 12.7 Å². The number of alkyl halides is 1. The van der Waals surface area contributed by atoms with Crippen molar-refractivity contribution in [3.8, 4) is 0 Å². The molecule has 0 spiro atoms. The van der Waals surface area contributed by atoms with E-state index in [0.717, 1.165) is 0 Å². The molecular weight excluding hydrogens is 247 g/mol. The van der Waals surface area contributed by atoms with E-state index in [2.05, 4.69) is 6.58 Å². The standard InChI is InChI=1S/C10H15FN2O3S/c1-2-8-5-10(8,12)13(7-14)17(15,16)9(6-11)3-4-9/h2,7-8H,1,3-6,12H2/t8-,10-/m1/s1. The summed E-state index contributed by atoms with van der Waals surface area (Å²) in [6.45, 7) is 2.55. The molecule has 2 aliphatic carbocycles. The predicted octanol–water partition coefficient (Wildman–Crippen LogP) is 0.138. The van der Waals surface area contributed by atoms with Crippen LogP contribution >= 0.6 is 0 Å². The number of hydrogen-bond donors (Lipinski definition) is 1. The average molecular weight is 262 g/mol. The SMILES string of the molecule is C=C[C@@H]1C[C@@]1(N)N(C=O)S(=O)(=O)C1(CF)CC1. The molecule has 2 rings (SSSR count). The van der Waals surface area contributed by atoms with Crippen molar-refractivity contribution in [2.75, 3.05) is 6.67 Å². The normalized spacial score (nSPS) is 33.9. The highest BCUT2D eigenvalue weighted by Gasteiger charge is 2.65. The first-order chi connectivity index (χ1) is 7.88. The van der Waals surface area contributed by atoms with E-state index >= 15 is 0 Å². The van der Waals surface area contributed by atoms with Gasteiger partial charge in [0.05, 0.1) is 0 Å². The van der Waals surface area contributed by atoms with E-state index in [1.165, 1.54) is 6.08 Å². The zero-order valence-electron chi connectivity index (χ0n) is 9.30. The van der Waals surface area contributed by atoms with Crippen LogP contribution in [0.4, 0.5) is 4.39 Å². The minimum absolute atomic E-state index is 0.189. The van der Waals surface area contributed by atoms with Gasteiger partial charge in [-0.1, -0.05) is 6.08 Å². The molecule has 2 saturated carbocycles. The lowest BCUT2D eigenvalue weighted by atomic mass is 10.3. The summed E-state index contributed by atoms with van der Waals surface area (Å²) in [5, 5.41) is 0. The molecule has 2 aliphatic rings. The summed E-state index contributed by atoms with van der Waals surface area (Å²) in [5.41, 5.74) is 4.60. The zero-order chi connectivity index (χ0) is 12.9. The molecule has 2 fully saturated rings. The Morgan fingerprint density at radius 2 is 2.12 bits per heavy atom. The molecule has 17 heavy (non-hydrogen) atoms. The van der Waals surface area contributed by atoms with Gasteiger partial charge in [-0.15, -0.1) is 6.58 Å². The number of rotatable bonds is 6. The Balaban J connectivity index is 2.32. The molecule has 0 radical (unpaired) electrons. The second kappa shape index (κ2) is 3.52. The largest absolute Gasteiger partial charge is 0.307 e. The van der Waals surface area contributed by atoms with Gasteiger partial charge < -0.3 is 5.73 Å². The maximum atomic E-state index is 12.8. The Hall–Kier alpha value is -0.950. The van der Waals surface area contributed by atoms with Crippen molar-refractivity contribution in [2.24, 2.45) is 11.7 Å². The summed E-state index contributed by atoms with van der Waals surface area (Å²) in [6.07, 6.45) is 2.53. The van der Waals surface area contributed by atoms with Crippen LogP contribution in [0.3, 0.4) is 0 Å². The number of hydrogen-bond acceptors (Lipinski definition) is 4.